The Labute approximate surface area is 209 Å². The highest BCUT2D eigenvalue weighted by molar-refractivity contribution is 5.55. The number of quaternary nitrogens is 2. The van der Waals surface area contributed by atoms with Gasteiger partial charge in [0.05, 0.1) is 21.3 Å². The first-order valence-electron chi connectivity index (χ1n) is 10.9. The van der Waals surface area contributed by atoms with Crippen molar-refractivity contribution in [3.63, 3.8) is 0 Å². The average molecular weight is 503 g/mol. The van der Waals surface area contributed by atoms with Crippen LogP contribution in [0.25, 0.3) is 0 Å². The number of aliphatic hydroxyl groups is 1. The molecule has 1 saturated heterocycles. The van der Waals surface area contributed by atoms with Gasteiger partial charge in [0.25, 0.3) is 0 Å². The van der Waals surface area contributed by atoms with Gasteiger partial charge < -0.3 is 58.7 Å². The Kier molecular flexibility index (Phi) is 12.7. The van der Waals surface area contributed by atoms with Crippen LogP contribution in [0.15, 0.2) is 42.5 Å². The lowest BCUT2D eigenvalue weighted by atomic mass is 10.1. The highest BCUT2D eigenvalue weighted by atomic mass is 35.5. The number of ether oxygens (including phenoxy) is 4. The predicted octanol–water partition coefficient (Wildman–Crippen LogP) is -6.00. The van der Waals surface area contributed by atoms with Crippen molar-refractivity contribution >= 4 is 0 Å². The molecule has 33 heavy (non-hydrogen) atoms. The first-order valence-corrected chi connectivity index (χ1v) is 10.9. The molecular weight excluding hydrogens is 467 g/mol. The Morgan fingerprint density at radius 1 is 0.879 bits per heavy atom. The lowest BCUT2D eigenvalue weighted by Crippen LogP contribution is -3.28. The molecular formula is C24H36Cl2N2O5. The number of aliphatic hydroxyl groups excluding tert-OH is 1. The summed E-state index contributed by atoms with van der Waals surface area (Å²) in [5, 5.41) is 10.5. The summed E-state index contributed by atoms with van der Waals surface area (Å²) in [6.07, 6.45) is -0.540. The molecule has 2 atom stereocenters. The Bertz CT molecular complexity index is 795. The predicted molar refractivity (Wildman–Crippen MR) is 119 cm³/mol. The summed E-state index contributed by atoms with van der Waals surface area (Å²) in [5.74, 6) is 2.16. The maximum absolute atomic E-state index is 10.5. The van der Waals surface area contributed by atoms with Crippen LogP contribution >= 0.6 is 0 Å². The molecule has 3 N–H and O–H groups in total. The Morgan fingerprint density at radius 2 is 1.45 bits per heavy atom. The lowest BCUT2D eigenvalue weighted by Gasteiger charge is -2.34. The molecule has 0 spiro atoms. The number of hydrogen-bond acceptors (Lipinski definition) is 5. The summed E-state index contributed by atoms with van der Waals surface area (Å²) in [4.78, 5) is 3.03. The third-order valence-corrected chi connectivity index (χ3v) is 6.12. The van der Waals surface area contributed by atoms with E-state index in [4.69, 9.17) is 18.9 Å². The second-order valence-electron chi connectivity index (χ2n) is 8.07. The van der Waals surface area contributed by atoms with E-state index in [1.807, 2.05) is 0 Å². The molecule has 2 aromatic rings. The van der Waals surface area contributed by atoms with E-state index in [2.05, 4.69) is 37.3 Å². The molecule has 7 nitrogen and oxygen atoms in total. The van der Waals surface area contributed by atoms with Gasteiger partial charge in [-0.1, -0.05) is 30.3 Å². The molecule has 2 aromatic carbocycles. The molecule has 186 valence electrons. The van der Waals surface area contributed by atoms with Crippen LogP contribution < -0.4 is 53.6 Å². The van der Waals surface area contributed by atoms with E-state index in [1.54, 1.807) is 38.4 Å². The van der Waals surface area contributed by atoms with E-state index in [0.29, 0.717) is 35.6 Å². The van der Waals surface area contributed by atoms with Crippen molar-refractivity contribution < 1.29 is 58.7 Å². The second-order valence-corrected chi connectivity index (χ2v) is 8.07. The number of rotatable bonds is 10. The maximum Gasteiger partial charge on any atom is 0.203 e. The topological polar surface area (TPSA) is 66.0 Å². The van der Waals surface area contributed by atoms with Crippen molar-refractivity contribution in [1.29, 1.82) is 0 Å². The van der Waals surface area contributed by atoms with Crippen LogP contribution in [0.3, 0.4) is 0 Å². The zero-order chi connectivity index (χ0) is 22.2. The van der Waals surface area contributed by atoms with Crippen molar-refractivity contribution in [3.8, 4) is 23.0 Å². The third-order valence-electron chi connectivity index (χ3n) is 6.12. The van der Waals surface area contributed by atoms with E-state index in [1.165, 1.54) is 10.5 Å². The van der Waals surface area contributed by atoms with Crippen molar-refractivity contribution in [2.75, 3.05) is 60.7 Å². The first kappa shape index (κ1) is 29.1. The standard InChI is InChI=1S/C24H34N2O5.2ClH/c1-18(19-8-6-5-7-9-19)26-12-10-25(11-13-26)16-20(27)17-31-21-14-22(28-2)24(30-4)23(15-21)29-3;;/h5-9,14-15,18,20,27H,10-13,16-17H2,1-4H3;2*1H. The van der Waals surface area contributed by atoms with Crippen molar-refractivity contribution in [1.82, 2.24) is 0 Å². The van der Waals surface area contributed by atoms with Gasteiger partial charge in [-0.05, 0) is 6.92 Å². The van der Waals surface area contributed by atoms with Gasteiger partial charge in [0.1, 0.15) is 57.2 Å². The molecule has 2 unspecified atom stereocenters. The maximum atomic E-state index is 10.5. The molecule has 1 heterocycles. The molecule has 1 aliphatic heterocycles. The van der Waals surface area contributed by atoms with Gasteiger partial charge in [-0.2, -0.15) is 0 Å². The third kappa shape index (κ3) is 7.83. The van der Waals surface area contributed by atoms with E-state index >= 15 is 0 Å². The number of hydrogen-bond donors (Lipinski definition) is 3. The van der Waals surface area contributed by atoms with Crippen LogP contribution in [0.1, 0.15) is 18.5 Å². The molecule has 0 radical (unpaired) electrons. The van der Waals surface area contributed by atoms with Gasteiger partial charge >= 0.3 is 0 Å². The van der Waals surface area contributed by atoms with Crippen LogP contribution in [-0.4, -0.2) is 71.9 Å². The van der Waals surface area contributed by atoms with E-state index in [-0.39, 0.29) is 31.4 Å². The van der Waals surface area contributed by atoms with Crippen molar-refractivity contribution in [2.45, 2.75) is 19.1 Å². The quantitative estimate of drug-likeness (QED) is 0.302. The van der Waals surface area contributed by atoms with Gasteiger partial charge in [0, 0.05) is 17.7 Å². The van der Waals surface area contributed by atoms with Gasteiger partial charge in [0.15, 0.2) is 11.5 Å². The smallest absolute Gasteiger partial charge is 0.203 e. The van der Waals surface area contributed by atoms with Crippen molar-refractivity contribution in [2.24, 2.45) is 0 Å². The zero-order valence-corrected chi connectivity index (χ0v) is 21.3. The van der Waals surface area contributed by atoms with E-state index in [9.17, 15) is 5.11 Å². The van der Waals surface area contributed by atoms with E-state index in [0.717, 1.165) is 26.2 Å². The van der Waals surface area contributed by atoms with Crippen LogP contribution in [0.5, 0.6) is 23.0 Å². The lowest BCUT2D eigenvalue weighted by molar-refractivity contribution is -1.03. The summed E-state index contributed by atoms with van der Waals surface area (Å²) in [5.41, 5.74) is 1.39. The van der Waals surface area contributed by atoms with Gasteiger partial charge in [-0.25, -0.2) is 0 Å². The van der Waals surface area contributed by atoms with Crippen LogP contribution in [0.2, 0.25) is 0 Å². The van der Waals surface area contributed by atoms with Gasteiger partial charge in [-0.15, -0.1) is 0 Å². The van der Waals surface area contributed by atoms with Crippen molar-refractivity contribution in [3.05, 3.63) is 48.0 Å². The number of piperazine rings is 1. The minimum atomic E-state index is -0.540. The molecule has 0 saturated carbocycles. The number of nitrogens with one attached hydrogen (secondary N) is 2. The van der Waals surface area contributed by atoms with Crippen LogP contribution in [0.4, 0.5) is 0 Å². The fourth-order valence-corrected chi connectivity index (χ4v) is 4.26. The number of halogens is 2. The minimum absolute atomic E-state index is 0. The SMILES string of the molecule is COc1cc(OCC(O)C[NH+]2CC[NH+](C(C)c3ccccc3)CC2)cc(OC)c1OC.[Cl-].[Cl-]. The number of methoxy groups -OCH3 is 3. The number of benzene rings is 2. The molecule has 1 fully saturated rings. The summed E-state index contributed by atoms with van der Waals surface area (Å²) < 4.78 is 21.9. The summed E-state index contributed by atoms with van der Waals surface area (Å²) in [6.45, 7) is 7.51. The monoisotopic (exact) mass is 502 g/mol. The zero-order valence-electron chi connectivity index (χ0n) is 19.8. The van der Waals surface area contributed by atoms with Gasteiger partial charge in [0.2, 0.25) is 5.75 Å². The molecule has 0 aromatic heterocycles. The molecule has 0 amide bonds. The second kappa shape index (κ2) is 14.4. The van der Waals surface area contributed by atoms with E-state index < -0.39 is 6.10 Å². The van der Waals surface area contributed by atoms with Crippen LogP contribution in [0, 0.1) is 0 Å². The fourth-order valence-electron chi connectivity index (χ4n) is 4.26. The average Bonchev–Trinajstić information content (AvgIpc) is 2.82. The first-order chi connectivity index (χ1) is 15.0. The molecule has 0 aliphatic carbocycles. The Morgan fingerprint density at radius 3 is 1.97 bits per heavy atom. The molecule has 0 bridgehead atoms. The molecule has 1 aliphatic rings. The normalized spacial score (nSPS) is 19.3. The Hall–Kier alpha value is -1.90. The highest BCUT2D eigenvalue weighted by Crippen LogP contribution is 2.40. The summed E-state index contributed by atoms with van der Waals surface area (Å²) in [7, 11) is 4.70. The van der Waals surface area contributed by atoms with Crippen LogP contribution in [-0.2, 0) is 0 Å². The van der Waals surface area contributed by atoms with Gasteiger partial charge in [-0.3, -0.25) is 0 Å². The summed E-state index contributed by atoms with van der Waals surface area (Å²) >= 11 is 0. The minimum Gasteiger partial charge on any atom is -1.00 e. The fraction of sp³-hybridized carbons (Fsp3) is 0.500. The molecule has 3 rings (SSSR count). The summed E-state index contributed by atoms with van der Waals surface area (Å²) in [6, 6.07) is 14.7. The molecule has 9 heteroatoms. The largest absolute Gasteiger partial charge is 1.00 e. The Balaban J connectivity index is 0.00000272. The highest BCUT2D eigenvalue weighted by Gasteiger charge is 2.29.